The van der Waals surface area contributed by atoms with Crippen LogP contribution >= 0.6 is 0 Å². The highest BCUT2D eigenvalue weighted by Gasteiger charge is 2.20. The highest BCUT2D eigenvalue weighted by molar-refractivity contribution is 6.71. The van der Waals surface area contributed by atoms with E-state index in [1.54, 1.807) is 5.19 Å². The Kier molecular flexibility index (Phi) is 3.20. The molecule has 0 atom stereocenters. The molecule has 1 rings (SSSR count). The van der Waals surface area contributed by atoms with Crippen molar-refractivity contribution >= 4 is 14.0 Å². The lowest BCUT2D eigenvalue weighted by Gasteiger charge is -2.25. The van der Waals surface area contributed by atoms with E-state index < -0.39 is 0 Å². The van der Waals surface area contributed by atoms with Crippen LogP contribution in [0.5, 0.6) is 0 Å². The van der Waals surface area contributed by atoms with Crippen LogP contribution in [0.1, 0.15) is 31.9 Å². The molecule has 0 aliphatic carbocycles. The summed E-state index contributed by atoms with van der Waals surface area (Å²) in [6.07, 6.45) is 0. The molecule has 0 fully saturated rings. The number of hydrogen-bond acceptors (Lipinski definition) is 0. The van der Waals surface area contributed by atoms with E-state index in [1.807, 2.05) is 0 Å². The summed E-state index contributed by atoms with van der Waals surface area (Å²) in [5.74, 6) is 0. The van der Waals surface area contributed by atoms with Crippen LogP contribution in [-0.4, -0.2) is 8.80 Å². The molecule has 0 aliphatic rings. The third-order valence-corrected chi connectivity index (χ3v) is 4.24. The second-order valence-corrected chi connectivity index (χ2v) is 7.75. The molecule has 77 valence electrons. The SMILES string of the molecule is Cc1cccc(C(C)(C)C)c1[Si](C)C. The molecule has 0 saturated carbocycles. The van der Waals surface area contributed by atoms with Gasteiger partial charge in [0.25, 0.3) is 0 Å². The quantitative estimate of drug-likeness (QED) is 0.617. The zero-order chi connectivity index (χ0) is 10.9. The van der Waals surface area contributed by atoms with Crippen molar-refractivity contribution in [2.24, 2.45) is 0 Å². The van der Waals surface area contributed by atoms with Gasteiger partial charge >= 0.3 is 0 Å². The van der Waals surface area contributed by atoms with Gasteiger partial charge in [0.1, 0.15) is 0 Å². The number of benzene rings is 1. The Morgan fingerprint density at radius 1 is 1.07 bits per heavy atom. The van der Waals surface area contributed by atoms with Gasteiger partial charge in [0.2, 0.25) is 0 Å². The first-order valence-electron chi connectivity index (χ1n) is 5.24. The molecule has 0 N–H and O–H groups in total. The lowest BCUT2D eigenvalue weighted by Crippen LogP contribution is -2.34. The van der Waals surface area contributed by atoms with E-state index in [2.05, 4.69) is 59.0 Å². The molecule has 0 heterocycles. The van der Waals surface area contributed by atoms with E-state index >= 15 is 0 Å². The Morgan fingerprint density at radius 2 is 1.64 bits per heavy atom. The van der Waals surface area contributed by atoms with Gasteiger partial charge in [0.05, 0.1) is 8.80 Å². The normalized spacial score (nSPS) is 12.2. The largest absolute Gasteiger partial charge is 0.0799 e. The minimum absolute atomic E-state index is 0.281. The molecular weight excluding hydrogens is 184 g/mol. The average molecular weight is 205 g/mol. The van der Waals surface area contributed by atoms with Gasteiger partial charge < -0.3 is 0 Å². The lowest BCUT2D eigenvalue weighted by molar-refractivity contribution is 0.593. The summed E-state index contributed by atoms with van der Waals surface area (Å²) in [4.78, 5) is 0. The van der Waals surface area contributed by atoms with E-state index in [-0.39, 0.29) is 14.2 Å². The van der Waals surface area contributed by atoms with Crippen molar-refractivity contribution in [3.05, 3.63) is 29.3 Å². The minimum Gasteiger partial charge on any atom is -0.0671 e. The molecule has 0 aromatic heterocycles. The molecule has 0 amide bonds. The van der Waals surface area contributed by atoms with Crippen LogP contribution in [0.2, 0.25) is 13.1 Å². The molecule has 1 aromatic rings. The first kappa shape index (κ1) is 11.5. The van der Waals surface area contributed by atoms with Crippen LogP contribution in [0.4, 0.5) is 0 Å². The van der Waals surface area contributed by atoms with Gasteiger partial charge in [-0.1, -0.05) is 62.8 Å². The monoisotopic (exact) mass is 205 g/mol. The number of hydrogen-bond donors (Lipinski definition) is 0. The Morgan fingerprint density at radius 3 is 2.00 bits per heavy atom. The van der Waals surface area contributed by atoms with Crippen molar-refractivity contribution in [1.29, 1.82) is 0 Å². The van der Waals surface area contributed by atoms with Gasteiger partial charge in [0.15, 0.2) is 0 Å². The van der Waals surface area contributed by atoms with Gasteiger partial charge in [-0.3, -0.25) is 0 Å². The standard InChI is InChI=1S/C13H21Si/c1-10-8-7-9-11(13(2,3)4)12(10)14(5)6/h7-9H,1-6H3. The van der Waals surface area contributed by atoms with Crippen molar-refractivity contribution in [1.82, 2.24) is 0 Å². The van der Waals surface area contributed by atoms with Gasteiger partial charge in [-0.2, -0.15) is 0 Å². The maximum atomic E-state index is 2.38. The van der Waals surface area contributed by atoms with Crippen molar-refractivity contribution in [3.63, 3.8) is 0 Å². The van der Waals surface area contributed by atoms with Crippen LogP contribution in [0, 0.1) is 6.92 Å². The molecule has 0 aliphatic heterocycles. The van der Waals surface area contributed by atoms with Gasteiger partial charge in [-0.15, -0.1) is 0 Å². The summed E-state index contributed by atoms with van der Waals surface area (Å²) >= 11 is 0. The van der Waals surface area contributed by atoms with Crippen LogP contribution in [0.3, 0.4) is 0 Å². The van der Waals surface area contributed by atoms with Crippen molar-refractivity contribution < 1.29 is 0 Å². The average Bonchev–Trinajstić information content (AvgIpc) is 2.01. The fourth-order valence-electron chi connectivity index (χ4n) is 1.96. The Bertz CT molecular complexity index is 318. The first-order chi connectivity index (χ1) is 6.34. The molecule has 14 heavy (non-hydrogen) atoms. The molecule has 0 saturated heterocycles. The summed E-state index contributed by atoms with van der Waals surface area (Å²) < 4.78 is 0. The van der Waals surface area contributed by atoms with E-state index in [1.165, 1.54) is 11.1 Å². The zero-order valence-electron chi connectivity index (χ0n) is 10.2. The summed E-state index contributed by atoms with van der Waals surface area (Å²) in [5, 5.41) is 1.63. The Balaban J connectivity index is 3.36. The Hall–Kier alpha value is -0.563. The van der Waals surface area contributed by atoms with Crippen LogP contribution in [0.15, 0.2) is 18.2 Å². The summed E-state index contributed by atoms with van der Waals surface area (Å²) in [5.41, 5.74) is 3.29. The van der Waals surface area contributed by atoms with E-state index in [4.69, 9.17) is 0 Å². The molecule has 1 heteroatoms. The minimum atomic E-state index is -0.354. The maximum Gasteiger partial charge on any atom is 0.0799 e. The highest BCUT2D eigenvalue weighted by Crippen LogP contribution is 2.21. The third-order valence-electron chi connectivity index (χ3n) is 2.58. The highest BCUT2D eigenvalue weighted by atomic mass is 28.3. The molecule has 1 radical (unpaired) electrons. The smallest absolute Gasteiger partial charge is 0.0671 e. The predicted octanol–water partition coefficient (Wildman–Crippen LogP) is 3.25. The van der Waals surface area contributed by atoms with E-state index in [0.717, 1.165) is 0 Å². The van der Waals surface area contributed by atoms with Crippen molar-refractivity contribution in [2.75, 3.05) is 0 Å². The molecule has 1 aromatic carbocycles. The fraction of sp³-hybridized carbons (Fsp3) is 0.538. The van der Waals surface area contributed by atoms with Gasteiger partial charge in [0, 0.05) is 0 Å². The number of rotatable bonds is 1. The maximum absolute atomic E-state index is 2.38. The molecule has 0 spiro atoms. The predicted molar refractivity (Wildman–Crippen MR) is 67.0 cm³/mol. The third kappa shape index (κ3) is 2.27. The van der Waals surface area contributed by atoms with Crippen LogP contribution in [-0.2, 0) is 5.41 Å². The molecular formula is C13H21Si. The van der Waals surface area contributed by atoms with Crippen LogP contribution in [0.25, 0.3) is 0 Å². The second-order valence-electron chi connectivity index (χ2n) is 5.25. The first-order valence-corrected chi connectivity index (χ1v) is 7.74. The Labute approximate surface area is 90.0 Å². The topological polar surface area (TPSA) is 0 Å². The second kappa shape index (κ2) is 3.89. The summed E-state index contributed by atoms with van der Waals surface area (Å²) in [6, 6.07) is 6.71. The van der Waals surface area contributed by atoms with Crippen molar-refractivity contribution in [3.8, 4) is 0 Å². The molecule has 0 unspecified atom stereocenters. The van der Waals surface area contributed by atoms with Gasteiger partial charge in [-0.05, 0) is 17.9 Å². The van der Waals surface area contributed by atoms with Crippen molar-refractivity contribution in [2.45, 2.75) is 46.2 Å². The van der Waals surface area contributed by atoms with Crippen LogP contribution < -0.4 is 5.19 Å². The molecule has 0 bridgehead atoms. The summed E-state index contributed by atoms with van der Waals surface area (Å²) in [7, 11) is -0.354. The zero-order valence-corrected chi connectivity index (χ0v) is 11.2. The lowest BCUT2D eigenvalue weighted by atomic mass is 9.86. The number of aryl methyl sites for hydroxylation is 1. The molecule has 0 nitrogen and oxygen atoms in total. The van der Waals surface area contributed by atoms with Gasteiger partial charge in [-0.25, -0.2) is 0 Å². The fourth-order valence-corrected chi connectivity index (χ4v) is 3.83. The van der Waals surface area contributed by atoms with E-state index in [9.17, 15) is 0 Å². The van der Waals surface area contributed by atoms with E-state index in [0.29, 0.717) is 0 Å². The summed E-state index contributed by atoms with van der Waals surface area (Å²) in [6.45, 7) is 13.9.